The largest absolute Gasteiger partial charge is 0.354 e. The van der Waals surface area contributed by atoms with Gasteiger partial charge < -0.3 is 14.3 Å². The number of anilines is 1. The Morgan fingerprint density at radius 2 is 1.91 bits per heavy atom. The highest BCUT2D eigenvalue weighted by molar-refractivity contribution is 5.58. The number of rotatable bonds is 3. The minimum absolute atomic E-state index is 0.478. The van der Waals surface area contributed by atoms with Gasteiger partial charge in [-0.3, -0.25) is 0 Å². The van der Waals surface area contributed by atoms with Gasteiger partial charge >= 0.3 is 0 Å². The lowest BCUT2D eigenvalue weighted by Gasteiger charge is -2.33. The highest BCUT2D eigenvalue weighted by Crippen LogP contribution is 2.33. The molecule has 0 N–H and O–H groups in total. The topological polar surface area (TPSA) is 58.3 Å². The Hall–Kier alpha value is -1.95. The number of nitrogens with zero attached hydrogens (tertiary/aromatic N) is 5. The van der Waals surface area contributed by atoms with Crippen LogP contribution in [0.2, 0.25) is 0 Å². The molecule has 0 unspecified atom stereocenters. The maximum atomic E-state index is 5.51. The van der Waals surface area contributed by atoms with Crippen molar-refractivity contribution < 1.29 is 4.52 Å². The third-order valence-corrected chi connectivity index (χ3v) is 4.98. The van der Waals surface area contributed by atoms with Gasteiger partial charge in [0.2, 0.25) is 0 Å². The zero-order valence-corrected chi connectivity index (χ0v) is 13.6. The van der Waals surface area contributed by atoms with Gasteiger partial charge in [0.25, 0.3) is 5.89 Å². The van der Waals surface area contributed by atoms with Gasteiger partial charge in [-0.25, -0.2) is 4.98 Å². The molecule has 23 heavy (non-hydrogen) atoms. The highest BCUT2D eigenvalue weighted by Gasteiger charge is 2.23. The molecule has 0 radical (unpaired) electrons. The van der Waals surface area contributed by atoms with Crippen molar-refractivity contribution in [2.45, 2.75) is 31.6 Å². The minimum atomic E-state index is 0.478. The van der Waals surface area contributed by atoms with Crippen molar-refractivity contribution >= 4 is 5.82 Å². The lowest BCUT2D eigenvalue weighted by atomic mass is 10.1. The molecule has 2 fully saturated rings. The molecule has 1 aliphatic carbocycles. The van der Waals surface area contributed by atoms with Crippen molar-refractivity contribution in [1.29, 1.82) is 0 Å². The second-order valence-electron chi connectivity index (χ2n) is 6.63. The molecule has 122 valence electrons. The average Bonchev–Trinajstić information content (AvgIpc) is 3.27. The van der Waals surface area contributed by atoms with Gasteiger partial charge in [0.05, 0.1) is 0 Å². The number of hydrogen-bond acceptors (Lipinski definition) is 6. The molecular weight excluding hydrogens is 290 g/mol. The molecule has 0 spiro atoms. The summed E-state index contributed by atoms with van der Waals surface area (Å²) in [6.45, 7) is 4.14. The van der Waals surface area contributed by atoms with Crippen LogP contribution >= 0.6 is 0 Å². The Morgan fingerprint density at radius 1 is 1.13 bits per heavy atom. The molecule has 1 aliphatic heterocycles. The van der Waals surface area contributed by atoms with E-state index in [-0.39, 0.29) is 0 Å². The lowest BCUT2D eigenvalue weighted by Crippen LogP contribution is -2.44. The molecule has 0 atom stereocenters. The predicted octanol–water partition coefficient (Wildman–Crippen LogP) is 2.54. The van der Waals surface area contributed by atoms with Gasteiger partial charge in [-0.05, 0) is 32.0 Å². The molecule has 0 bridgehead atoms. The van der Waals surface area contributed by atoms with Crippen molar-refractivity contribution in [1.82, 2.24) is 20.0 Å². The number of piperazine rings is 1. The summed E-state index contributed by atoms with van der Waals surface area (Å²) in [4.78, 5) is 13.8. The van der Waals surface area contributed by atoms with Gasteiger partial charge in [0.15, 0.2) is 5.82 Å². The number of likely N-dealkylation sites (N-methyl/N-ethyl adjacent to an activating group) is 1. The standard InChI is InChI=1S/C17H23N5O/c1-21-8-10-22(11-9-21)15-12-14(6-7-18-15)17-19-16(20-23-17)13-4-2-3-5-13/h6-7,12-13H,2-5,8-11H2,1H3. The van der Waals surface area contributed by atoms with Crippen LogP contribution in [0.3, 0.4) is 0 Å². The first kappa shape index (κ1) is 14.6. The molecule has 2 aliphatic rings. The summed E-state index contributed by atoms with van der Waals surface area (Å²) in [5, 5.41) is 4.20. The first-order valence-electron chi connectivity index (χ1n) is 8.53. The zero-order chi connectivity index (χ0) is 15.6. The summed E-state index contributed by atoms with van der Waals surface area (Å²) in [5.41, 5.74) is 0.964. The Morgan fingerprint density at radius 3 is 2.70 bits per heavy atom. The predicted molar refractivity (Wildman–Crippen MR) is 88.4 cm³/mol. The number of hydrogen-bond donors (Lipinski definition) is 0. The molecule has 1 saturated heterocycles. The lowest BCUT2D eigenvalue weighted by molar-refractivity contribution is 0.312. The first-order chi connectivity index (χ1) is 11.3. The van der Waals surface area contributed by atoms with E-state index >= 15 is 0 Å². The summed E-state index contributed by atoms with van der Waals surface area (Å²) < 4.78 is 5.51. The van der Waals surface area contributed by atoms with E-state index < -0.39 is 0 Å². The van der Waals surface area contributed by atoms with Crippen LogP contribution in [0.25, 0.3) is 11.5 Å². The monoisotopic (exact) mass is 313 g/mol. The molecule has 2 aromatic rings. The van der Waals surface area contributed by atoms with Crippen molar-refractivity contribution in [2.24, 2.45) is 0 Å². The van der Waals surface area contributed by atoms with Crippen molar-refractivity contribution in [3.63, 3.8) is 0 Å². The summed E-state index contributed by atoms with van der Waals surface area (Å²) in [7, 11) is 2.16. The molecule has 6 nitrogen and oxygen atoms in total. The van der Waals surface area contributed by atoms with Gasteiger partial charge in [-0.15, -0.1) is 0 Å². The SMILES string of the molecule is CN1CCN(c2cc(-c3nc(C4CCCC4)no3)ccn2)CC1. The summed E-state index contributed by atoms with van der Waals surface area (Å²) in [5.74, 6) is 2.96. The van der Waals surface area contributed by atoms with Gasteiger partial charge in [0.1, 0.15) is 5.82 Å². The first-order valence-corrected chi connectivity index (χ1v) is 8.53. The second kappa shape index (κ2) is 6.28. The molecule has 6 heteroatoms. The second-order valence-corrected chi connectivity index (χ2v) is 6.63. The molecule has 0 amide bonds. The van der Waals surface area contributed by atoms with Crippen LogP contribution in [-0.2, 0) is 0 Å². The Bertz CT molecular complexity index is 657. The van der Waals surface area contributed by atoms with Crippen LogP contribution in [0.1, 0.15) is 37.4 Å². The maximum absolute atomic E-state index is 5.51. The summed E-state index contributed by atoms with van der Waals surface area (Å²) in [6, 6.07) is 4.02. The Kier molecular flexibility index (Phi) is 3.99. The summed E-state index contributed by atoms with van der Waals surface area (Å²) >= 11 is 0. The van der Waals surface area contributed by atoms with Crippen molar-refractivity contribution in [3.05, 3.63) is 24.2 Å². The van der Waals surface area contributed by atoms with Gasteiger partial charge in [-0.1, -0.05) is 18.0 Å². The van der Waals surface area contributed by atoms with Crippen LogP contribution in [0, 0.1) is 0 Å². The van der Waals surface area contributed by atoms with Crippen LogP contribution in [-0.4, -0.2) is 53.3 Å². The van der Waals surface area contributed by atoms with E-state index in [1.165, 1.54) is 25.7 Å². The van der Waals surface area contributed by atoms with Crippen molar-refractivity contribution in [2.75, 3.05) is 38.1 Å². The van der Waals surface area contributed by atoms with Crippen LogP contribution < -0.4 is 4.90 Å². The Labute approximate surface area is 136 Å². The molecule has 4 rings (SSSR count). The molecule has 1 saturated carbocycles. The van der Waals surface area contributed by atoms with E-state index in [1.54, 1.807) is 0 Å². The van der Waals surface area contributed by atoms with Crippen LogP contribution in [0.4, 0.5) is 5.82 Å². The van der Waals surface area contributed by atoms with Gasteiger partial charge in [-0.2, -0.15) is 4.98 Å². The number of aromatic nitrogens is 3. The summed E-state index contributed by atoms with van der Waals surface area (Å²) in [6.07, 6.45) is 6.75. The maximum Gasteiger partial charge on any atom is 0.258 e. The van der Waals surface area contributed by atoms with E-state index in [0.717, 1.165) is 43.4 Å². The molecular formula is C17H23N5O. The van der Waals surface area contributed by atoms with E-state index in [9.17, 15) is 0 Å². The fourth-order valence-electron chi connectivity index (χ4n) is 3.46. The van der Waals surface area contributed by atoms with Gasteiger partial charge in [0, 0.05) is 43.9 Å². The third kappa shape index (κ3) is 3.08. The fraction of sp³-hybridized carbons (Fsp3) is 0.588. The average molecular weight is 313 g/mol. The minimum Gasteiger partial charge on any atom is -0.354 e. The fourth-order valence-corrected chi connectivity index (χ4v) is 3.46. The van der Waals surface area contributed by atoms with Crippen molar-refractivity contribution in [3.8, 4) is 11.5 Å². The van der Waals surface area contributed by atoms with E-state index in [4.69, 9.17) is 4.52 Å². The number of pyridine rings is 1. The quantitative estimate of drug-likeness (QED) is 0.868. The van der Waals surface area contributed by atoms with E-state index in [0.29, 0.717) is 11.8 Å². The molecule has 2 aromatic heterocycles. The molecule has 0 aromatic carbocycles. The highest BCUT2D eigenvalue weighted by atomic mass is 16.5. The molecule has 3 heterocycles. The normalized spacial score (nSPS) is 20.3. The smallest absolute Gasteiger partial charge is 0.258 e. The van der Waals surface area contributed by atoms with Crippen LogP contribution in [0.15, 0.2) is 22.9 Å². The Balaban J connectivity index is 1.54. The third-order valence-electron chi connectivity index (χ3n) is 4.98. The van der Waals surface area contributed by atoms with Crippen LogP contribution in [0.5, 0.6) is 0 Å². The van der Waals surface area contributed by atoms with E-state index in [1.807, 2.05) is 12.3 Å². The van der Waals surface area contributed by atoms with E-state index in [2.05, 4.69) is 38.0 Å². The zero-order valence-electron chi connectivity index (χ0n) is 13.6.